The zero-order valence-corrected chi connectivity index (χ0v) is 23.0. The Balaban J connectivity index is 0.000000757. The van der Waals surface area contributed by atoms with Crippen LogP contribution in [0, 0.1) is 5.92 Å². The SMILES string of the molecule is C=C(O)C(C)C.CCn1cc(S(=O)(=O)N2CCOc3ccc(NC(=O)OC(C)(C)C(F)(F)F)cc32)c(Cl)n1. The van der Waals surface area contributed by atoms with Gasteiger partial charge >= 0.3 is 12.3 Å². The first-order chi connectivity index (χ1) is 17.4. The molecule has 0 saturated carbocycles. The van der Waals surface area contributed by atoms with Crippen molar-refractivity contribution < 1.29 is 41.0 Å². The fraction of sp³-hybridized carbons (Fsp3) is 0.478. The van der Waals surface area contributed by atoms with Crippen LogP contribution in [0.15, 0.2) is 41.6 Å². The summed E-state index contributed by atoms with van der Waals surface area (Å²) in [6.07, 6.45) is -4.84. The van der Waals surface area contributed by atoms with E-state index in [2.05, 4.69) is 21.7 Å². The zero-order chi connectivity index (χ0) is 29.1. The van der Waals surface area contributed by atoms with Gasteiger partial charge in [0.05, 0.1) is 18.0 Å². The minimum Gasteiger partial charge on any atom is -0.513 e. The highest BCUT2D eigenvalue weighted by molar-refractivity contribution is 7.93. The van der Waals surface area contributed by atoms with Gasteiger partial charge in [-0.25, -0.2) is 13.2 Å². The Morgan fingerprint density at radius 1 is 1.34 bits per heavy atom. The summed E-state index contributed by atoms with van der Waals surface area (Å²) in [4.78, 5) is 11.8. The minimum absolute atomic E-state index is 0.00720. The number of sulfonamides is 1. The van der Waals surface area contributed by atoms with Gasteiger partial charge < -0.3 is 14.6 Å². The molecule has 15 heteroatoms. The molecule has 2 aromatic rings. The fourth-order valence-corrected chi connectivity index (χ4v) is 4.69. The maximum Gasteiger partial charge on any atom is 0.427 e. The number of hydrogen-bond donors (Lipinski definition) is 2. The predicted octanol–water partition coefficient (Wildman–Crippen LogP) is 5.75. The quantitative estimate of drug-likeness (QED) is 0.416. The summed E-state index contributed by atoms with van der Waals surface area (Å²) in [5, 5.41) is 14.3. The molecule has 10 nitrogen and oxygen atoms in total. The summed E-state index contributed by atoms with van der Waals surface area (Å²) in [5.74, 6) is 0.674. The van der Waals surface area contributed by atoms with Crippen LogP contribution in [0.2, 0.25) is 5.15 Å². The van der Waals surface area contributed by atoms with Gasteiger partial charge in [-0.3, -0.25) is 14.3 Å². The van der Waals surface area contributed by atoms with E-state index in [1.165, 1.54) is 29.1 Å². The van der Waals surface area contributed by atoms with Crippen LogP contribution in [0.3, 0.4) is 0 Å². The largest absolute Gasteiger partial charge is 0.513 e. The highest BCUT2D eigenvalue weighted by atomic mass is 35.5. The predicted molar refractivity (Wildman–Crippen MR) is 136 cm³/mol. The summed E-state index contributed by atoms with van der Waals surface area (Å²) in [6, 6.07) is 3.99. The van der Waals surface area contributed by atoms with E-state index in [0.29, 0.717) is 20.4 Å². The average molecular weight is 583 g/mol. The van der Waals surface area contributed by atoms with E-state index in [1.54, 1.807) is 6.92 Å². The Bertz CT molecular complexity index is 1280. The van der Waals surface area contributed by atoms with Gasteiger partial charge in [-0.05, 0) is 39.0 Å². The fourth-order valence-electron chi connectivity index (χ4n) is 2.79. The number of rotatable bonds is 6. The smallest absolute Gasteiger partial charge is 0.427 e. The molecule has 212 valence electrons. The van der Waals surface area contributed by atoms with Crippen molar-refractivity contribution >= 4 is 39.1 Å². The van der Waals surface area contributed by atoms with Crippen molar-refractivity contribution in [3.05, 3.63) is 41.9 Å². The van der Waals surface area contributed by atoms with Crippen molar-refractivity contribution in [3.63, 3.8) is 0 Å². The maximum absolute atomic E-state index is 13.2. The molecule has 0 spiro atoms. The van der Waals surface area contributed by atoms with Crippen LogP contribution in [-0.4, -0.2) is 54.3 Å². The Morgan fingerprint density at radius 3 is 2.45 bits per heavy atom. The Morgan fingerprint density at radius 2 is 1.95 bits per heavy atom. The second kappa shape index (κ2) is 11.7. The van der Waals surface area contributed by atoms with Gasteiger partial charge in [0.25, 0.3) is 10.0 Å². The molecular weight excluding hydrogens is 553 g/mol. The van der Waals surface area contributed by atoms with E-state index >= 15 is 0 Å². The first-order valence-electron chi connectivity index (χ1n) is 11.4. The van der Waals surface area contributed by atoms with Crippen molar-refractivity contribution in [2.75, 3.05) is 22.8 Å². The number of amides is 1. The van der Waals surface area contributed by atoms with E-state index < -0.39 is 27.9 Å². The third kappa shape index (κ3) is 7.25. The van der Waals surface area contributed by atoms with Crippen molar-refractivity contribution in [1.29, 1.82) is 0 Å². The third-order valence-corrected chi connectivity index (χ3v) is 7.51. The third-order valence-electron chi connectivity index (χ3n) is 5.30. The normalized spacial score (nSPS) is 13.7. The van der Waals surface area contributed by atoms with Gasteiger partial charge in [-0.1, -0.05) is 32.0 Å². The van der Waals surface area contributed by atoms with Gasteiger partial charge in [0.2, 0.25) is 5.60 Å². The minimum atomic E-state index is -4.78. The lowest BCUT2D eigenvalue weighted by Gasteiger charge is -2.31. The molecule has 1 aliphatic rings. The molecule has 3 rings (SSSR count). The van der Waals surface area contributed by atoms with Crippen LogP contribution >= 0.6 is 11.6 Å². The Labute approximate surface area is 224 Å². The molecule has 0 atom stereocenters. The summed E-state index contributed by atoms with van der Waals surface area (Å²) >= 11 is 6.02. The number of aliphatic hydroxyl groups is 1. The molecule has 0 bridgehead atoms. The standard InChI is InChI=1S/C18H20ClF3N4O5S.C5H10O/c1-4-25-10-14(15(19)24-25)32(28,29)26-7-8-30-13-6-5-11(9-12(13)26)23-16(27)31-17(2,3)18(20,21)22;1-4(2)5(3)6/h5-6,9-10H,4,7-8H2,1-3H3,(H,23,27);4,6H,3H2,1-2H3. The molecule has 0 aliphatic carbocycles. The number of aromatic nitrogens is 2. The number of allylic oxidation sites excluding steroid dienone is 1. The van der Waals surface area contributed by atoms with Gasteiger partial charge in [0.1, 0.15) is 17.3 Å². The number of carbonyl (C=O) groups excluding carboxylic acids is 1. The molecule has 1 aromatic heterocycles. The van der Waals surface area contributed by atoms with Crippen LogP contribution in [0.1, 0.15) is 34.6 Å². The molecular formula is C23H30ClF3N4O6S. The Hall–Kier alpha value is -3.13. The number of aliphatic hydroxyl groups excluding tert-OH is 1. The molecule has 2 N–H and O–H groups in total. The number of carbonyl (C=O) groups is 1. The van der Waals surface area contributed by atoms with Gasteiger partial charge in [0.15, 0.2) is 5.15 Å². The number of fused-ring (bicyclic) bond motifs is 1. The van der Waals surface area contributed by atoms with E-state index in [0.717, 1.165) is 4.31 Å². The van der Waals surface area contributed by atoms with Crippen molar-refractivity contribution in [2.24, 2.45) is 5.92 Å². The second-order valence-electron chi connectivity index (χ2n) is 8.92. The molecule has 0 fully saturated rings. The first-order valence-corrected chi connectivity index (χ1v) is 13.2. The summed E-state index contributed by atoms with van der Waals surface area (Å²) in [7, 11) is -4.14. The number of nitrogens with one attached hydrogen (secondary N) is 1. The Kier molecular flexibility index (Phi) is 9.59. The number of ether oxygens (including phenoxy) is 2. The van der Waals surface area contributed by atoms with E-state index in [9.17, 15) is 26.4 Å². The van der Waals surface area contributed by atoms with Gasteiger partial charge in [0, 0.05) is 24.3 Å². The molecule has 0 radical (unpaired) electrons. The number of nitrogens with zero attached hydrogens (tertiary/aromatic N) is 3. The van der Waals surface area contributed by atoms with Crippen LogP contribution in [0.4, 0.5) is 29.3 Å². The molecule has 1 aromatic carbocycles. The average Bonchev–Trinajstić information content (AvgIpc) is 3.19. The van der Waals surface area contributed by atoms with E-state index in [1.807, 2.05) is 13.8 Å². The number of benzene rings is 1. The number of anilines is 2. The van der Waals surface area contributed by atoms with Gasteiger partial charge in [-0.2, -0.15) is 18.3 Å². The van der Waals surface area contributed by atoms with Gasteiger partial charge in [-0.15, -0.1) is 0 Å². The van der Waals surface area contributed by atoms with Crippen LogP contribution in [0.5, 0.6) is 5.75 Å². The molecule has 38 heavy (non-hydrogen) atoms. The first kappa shape index (κ1) is 31.1. The van der Waals surface area contributed by atoms with Crippen molar-refractivity contribution in [1.82, 2.24) is 9.78 Å². The monoisotopic (exact) mass is 582 g/mol. The number of alkyl halides is 3. The lowest BCUT2D eigenvalue weighted by molar-refractivity contribution is -0.242. The molecule has 0 unspecified atom stereocenters. The second-order valence-corrected chi connectivity index (χ2v) is 11.1. The number of hydrogen-bond acceptors (Lipinski definition) is 7. The van der Waals surface area contributed by atoms with Crippen molar-refractivity contribution in [3.8, 4) is 5.75 Å². The van der Waals surface area contributed by atoms with Crippen LogP contribution in [-0.2, 0) is 21.3 Å². The van der Waals surface area contributed by atoms with Crippen LogP contribution < -0.4 is 14.4 Å². The van der Waals surface area contributed by atoms with E-state index in [-0.39, 0.29) is 52.0 Å². The molecule has 1 amide bonds. The summed E-state index contributed by atoms with van der Waals surface area (Å²) < 4.78 is 77.7. The topological polar surface area (TPSA) is 123 Å². The zero-order valence-electron chi connectivity index (χ0n) is 21.5. The van der Waals surface area contributed by atoms with E-state index in [4.69, 9.17) is 21.4 Å². The highest BCUT2D eigenvalue weighted by Crippen LogP contribution is 2.39. The summed E-state index contributed by atoms with van der Waals surface area (Å²) in [6.45, 7) is 10.7. The molecule has 2 heterocycles. The lowest BCUT2D eigenvalue weighted by Crippen LogP contribution is -2.44. The lowest BCUT2D eigenvalue weighted by atomic mass is 10.1. The number of halogens is 4. The summed E-state index contributed by atoms with van der Waals surface area (Å²) in [5.41, 5.74) is -2.64. The van der Waals surface area contributed by atoms with Crippen LogP contribution in [0.25, 0.3) is 0 Å². The number of aryl methyl sites for hydroxylation is 1. The maximum atomic E-state index is 13.2. The highest BCUT2D eigenvalue weighted by Gasteiger charge is 2.51. The van der Waals surface area contributed by atoms with Crippen molar-refractivity contribution in [2.45, 2.75) is 57.8 Å². The molecule has 1 aliphatic heterocycles. The molecule has 0 saturated heterocycles.